The van der Waals surface area contributed by atoms with E-state index in [1.54, 1.807) is 12.3 Å². The summed E-state index contributed by atoms with van der Waals surface area (Å²) in [6.07, 6.45) is 3.62. The molecular formula is C16H16ClN3OS. The number of benzene rings is 1. The molecule has 1 aromatic carbocycles. The molecule has 4 nitrogen and oxygen atoms in total. The fourth-order valence-electron chi connectivity index (χ4n) is 2.41. The molecule has 0 aliphatic rings. The highest BCUT2D eigenvalue weighted by Gasteiger charge is 2.17. The molecule has 0 fully saturated rings. The Hall–Kier alpha value is -1.85. The molecular weight excluding hydrogens is 318 g/mol. The number of hydrogen-bond donors (Lipinski definition) is 1. The van der Waals surface area contributed by atoms with Crippen molar-refractivity contribution in [2.45, 2.75) is 26.8 Å². The Labute approximate surface area is 137 Å². The number of carbonyl (C=O) groups excluding carboxylic acids is 1. The first kappa shape index (κ1) is 15.1. The minimum Gasteiger partial charge on any atom is -0.344 e. The Morgan fingerprint density at radius 1 is 1.41 bits per heavy atom. The molecule has 1 N–H and O–H groups in total. The molecule has 2 heterocycles. The minimum atomic E-state index is -0.152. The maximum Gasteiger partial charge on any atom is 0.259 e. The maximum absolute atomic E-state index is 12.6. The first-order valence-corrected chi connectivity index (χ1v) is 8.19. The zero-order valence-electron chi connectivity index (χ0n) is 12.6. The Bertz CT molecular complexity index is 850. The highest BCUT2D eigenvalue weighted by Crippen LogP contribution is 2.28. The van der Waals surface area contributed by atoms with Gasteiger partial charge in [0, 0.05) is 33.7 Å². The van der Waals surface area contributed by atoms with Gasteiger partial charge in [0.05, 0.1) is 11.1 Å². The third kappa shape index (κ3) is 2.74. The number of anilines is 1. The number of thiazole rings is 1. The van der Waals surface area contributed by atoms with E-state index in [0.717, 1.165) is 15.8 Å². The Kier molecular flexibility index (Phi) is 3.93. The van der Waals surface area contributed by atoms with Crippen LogP contribution in [0.4, 0.5) is 5.13 Å². The van der Waals surface area contributed by atoms with Gasteiger partial charge < -0.3 is 4.57 Å². The van der Waals surface area contributed by atoms with Crippen LogP contribution in [0.5, 0.6) is 0 Å². The van der Waals surface area contributed by atoms with Gasteiger partial charge in [-0.2, -0.15) is 0 Å². The Morgan fingerprint density at radius 2 is 2.18 bits per heavy atom. The summed E-state index contributed by atoms with van der Waals surface area (Å²) in [4.78, 5) is 17.8. The van der Waals surface area contributed by atoms with Gasteiger partial charge in [0.2, 0.25) is 0 Å². The summed E-state index contributed by atoms with van der Waals surface area (Å²) in [6, 6.07) is 5.82. The van der Waals surface area contributed by atoms with Crippen molar-refractivity contribution in [3.63, 3.8) is 0 Å². The van der Waals surface area contributed by atoms with E-state index in [1.165, 1.54) is 11.3 Å². The molecule has 0 atom stereocenters. The van der Waals surface area contributed by atoms with Crippen molar-refractivity contribution in [2.24, 2.45) is 0 Å². The van der Waals surface area contributed by atoms with Crippen LogP contribution in [-0.4, -0.2) is 15.5 Å². The van der Waals surface area contributed by atoms with E-state index in [1.807, 2.05) is 25.3 Å². The predicted octanol–water partition coefficient (Wildman–Crippen LogP) is 4.89. The zero-order chi connectivity index (χ0) is 15.9. The van der Waals surface area contributed by atoms with Gasteiger partial charge >= 0.3 is 0 Å². The number of aryl methyl sites for hydroxylation is 1. The van der Waals surface area contributed by atoms with Gasteiger partial charge in [-0.05, 0) is 32.9 Å². The largest absolute Gasteiger partial charge is 0.344 e. The molecule has 0 bridgehead atoms. The number of nitrogens with one attached hydrogen (secondary N) is 1. The first-order chi connectivity index (χ1) is 10.5. The molecule has 0 aliphatic carbocycles. The van der Waals surface area contributed by atoms with Gasteiger partial charge in [-0.3, -0.25) is 10.1 Å². The predicted molar refractivity (Wildman–Crippen MR) is 92.1 cm³/mol. The molecule has 22 heavy (non-hydrogen) atoms. The molecule has 0 radical (unpaired) electrons. The number of halogens is 1. The normalized spacial score (nSPS) is 11.3. The summed E-state index contributed by atoms with van der Waals surface area (Å²) < 4.78 is 2.06. The van der Waals surface area contributed by atoms with Crippen LogP contribution in [0.15, 0.2) is 30.6 Å². The van der Waals surface area contributed by atoms with Gasteiger partial charge in [0.25, 0.3) is 5.91 Å². The highest BCUT2D eigenvalue weighted by atomic mass is 35.5. The third-order valence-electron chi connectivity index (χ3n) is 3.44. The average molecular weight is 334 g/mol. The lowest BCUT2D eigenvalue weighted by molar-refractivity contribution is 0.102. The number of fused-ring (bicyclic) bond motifs is 1. The fraction of sp³-hybridized carbons (Fsp3) is 0.250. The molecule has 0 saturated carbocycles. The first-order valence-electron chi connectivity index (χ1n) is 6.99. The summed E-state index contributed by atoms with van der Waals surface area (Å²) in [5, 5.41) is 5.03. The van der Waals surface area contributed by atoms with E-state index in [4.69, 9.17) is 11.6 Å². The molecule has 1 amide bonds. The minimum absolute atomic E-state index is 0.152. The third-order valence-corrected chi connectivity index (χ3v) is 4.50. The van der Waals surface area contributed by atoms with Crippen molar-refractivity contribution in [2.75, 3.05) is 5.32 Å². The number of hydrogen-bond acceptors (Lipinski definition) is 3. The van der Waals surface area contributed by atoms with E-state index in [2.05, 4.69) is 28.7 Å². The lowest BCUT2D eigenvalue weighted by Crippen LogP contribution is -2.11. The quantitative estimate of drug-likeness (QED) is 0.741. The van der Waals surface area contributed by atoms with Crippen molar-refractivity contribution in [1.29, 1.82) is 0 Å². The summed E-state index contributed by atoms with van der Waals surface area (Å²) in [5.41, 5.74) is 1.59. The Balaban J connectivity index is 2.04. The zero-order valence-corrected chi connectivity index (χ0v) is 14.1. The fourth-order valence-corrected chi connectivity index (χ4v) is 3.24. The maximum atomic E-state index is 12.6. The number of aromatic nitrogens is 2. The van der Waals surface area contributed by atoms with Crippen LogP contribution >= 0.6 is 22.9 Å². The van der Waals surface area contributed by atoms with Gasteiger partial charge in [-0.25, -0.2) is 4.98 Å². The standard InChI is InChI=1S/C16H16ClN3OS/c1-9(2)20-8-13(12-5-4-11(17)6-14(12)20)15(21)19-16-18-7-10(3)22-16/h4-9H,1-3H3,(H,18,19,21). The lowest BCUT2D eigenvalue weighted by atomic mass is 10.1. The number of nitrogens with zero attached hydrogens (tertiary/aromatic N) is 2. The van der Waals surface area contributed by atoms with E-state index in [9.17, 15) is 4.79 Å². The van der Waals surface area contributed by atoms with E-state index in [0.29, 0.717) is 15.7 Å². The van der Waals surface area contributed by atoms with Crippen LogP contribution in [-0.2, 0) is 0 Å². The van der Waals surface area contributed by atoms with Crippen molar-refractivity contribution >= 4 is 44.9 Å². The van der Waals surface area contributed by atoms with Crippen molar-refractivity contribution < 1.29 is 4.79 Å². The molecule has 114 valence electrons. The monoisotopic (exact) mass is 333 g/mol. The lowest BCUT2D eigenvalue weighted by Gasteiger charge is -2.08. The highest BCUT2D eigenvalue weighted by molar-refractivity contribution is 7.15. The molecule has 3 aromatic rings. The number of rotatable bonds is 3. The molecule has 0 saturated heterocycles. The van der Waals surface area contributed by atoms with E-state index in [-0.39, 0.29) is 11.9 Å². The summed E-state index contributed by atoms with van der Waals surface area (Å²) in [6.45, 7) is 6.11. The Morgan fingerprint density at radius 3 is 2.82 bits per heavy atom. The molecule has 0 aliphatic heterocycles. The SMILES string of the molecule is Cc1cnc(NC(=O)c2cn(C(C)C)c3cc(Cl)ccc23)s1. The molecule has 6 heteroatoms. The van der Waals surface area contributed by atoms with Crippen LogP contribution in [0.3, 0.4) is 0 Å². The van der Waals surface area contributed by atoms with E-state index >= 15 is 0 Å². The van der Waals surface area contributed by atoms with E-state index < -0.39 is 0 Å². The summed E-state index contributed by atoms with van der Waals surface area (Å²) in [7, 11) is 0. The van der Waals surface area contributed by atoms with Crippen LogP contribution < -0.4 is 5.32 Å². The van der Waals surface area contributed by atoms with Crippen molar-refractivity contribution in [3.05, 3.63) is 46.1 Å². The van der Waals surface area contributed by atoms with Gasteiger partial charge in [0.15, 0.2) is 5.13 Å². The van der Waals surface area contributed by atoms with Crippen molar-refractivity contribution in [1.82, 2.24) is 9.55 Å². The number of carbonyl (C=O) groups is 1. The van der Waals surface area contributed by atoms with Crippen LogP contribution in [0.1, 0.15) is 35.1 Å². The van der Waals surface area contributed by atoms with Crippen LogP contribution in [0, 0.1) is 6.92 Å². The van der Waals surface area contributed by atoms with Gasteiger partial charge in [0.1, 0.15) is 0 Å². The van der Waals surface area contributed by atoms with Gasteiger partial charge in [-0.1, -0.05) is 17.7 Å². The molecule has 2 aromatic heterocycles. The smallest absolute Gasteiger partial charge is 0.259 e. The second-order valence-electron chi connectivity index (χ2n) is 5.44. The summed E-state index contributed by atoms with van der Waals surface area (Å²) >= 11 is 7.56. The topological polar surface area (TPSA) is 46.9 Å². The molecule has 3 rings (SSSR count). The van der Waals surface area contributed by atoms with Gasteiger partial charge in [-0.15, -0.1) is 11.3 Å². The second kappa shape index (κ2) is 5.74. The molecule has 0 spiro atoms. The van der Waals surface area contributed by atoms with Crippen LogP contribution in [0.25, 0.3) is 10.9 Å². The average Bonchev–Trinajstić information content (AvgIpc) is 3.02. The number of amides is 1. The van der Waals surface area contributed by atoms with Crippen molar-refractivity contribution in [3.8, 4) is 0 Å². The summed E-state index contributed by atoms with van der Waals surface area (Å²) in [5.74, 6) is -0.152. The molecule has 0 unspecified atom stereocenters. The van der Waals surface area contributed by atoms with Crippen LogP contribution in [0.2, 0.25) is 5.02 Å². The second-order valence-corrected chi connectivity index (χ2v) is 7.11.